The SMILES string of the molecule is CCCS(=O)(=O)C1CC(C(C)(C)C)CCC1NCC. The smallest absolute Gasteiger partial charge is 0.154 e. The molecule has 0 aliphatic heterocycles. The van der Waals surface area contributed by atoms with Gasteiger partial charge in [0.2, 0.25) is 0 Å². The Balaban J connectivity index is 2.91. The molecule has 0 spiro atoms. The molecule has 0 aromatic carbocycles. The first-order valence-electron chi connectivity index (χ1n) is 7.67. The van der Waals surface area contributed by atoms with E-state index in [1.165, 1.54) is 0 Å². The quantitative estimate of drug-likeness (QED) is 0.846. The topological polar surface area (TPSA) is 46.2 Å². The summed E-state index contributed by atoms with van der Waals surface area (Å²) in [6.07, 6.45) is 3.67. The standard InChI is InChI=1S/C15H31NO2S/c1-6-10-19(17,18)14-11-12(15(3,4)5)8-9-13(14)16-7-2/h12-14,16H,6-11H2,1-5H3. The van der Waals surface area contributed by atoms with Crippen LogP contribution in [0.4, 0.5) is 0 Å². The second-order valence-electron chi connectivity index (χ2n) is 6.95. The van der Waals surface area contributed by atoms with Crippen molar-refractivity contribution in [3.05, 3.63) is 0 Å². The Bertz CT molecular complexity index is 370. The van der Waals surface area contributed by atoms with E-state index in [1.54, 1.807) is 0 Å². The maximum atomic E-state index is 12.5. The van der Waals surface area contributed by atoms with Gasteiger partial charge in [-0.2, -0.15) is 0 Å². The predicted octanol–water partition coefficient (Wildman–Crippen LogP) is 3.00. The number of sulfone groups is 1. The first-order chi connectivity index (χ1) is 8.72. The number of hydrogen-bond acceptors (Lipinski definition) is 3. The summed E-state index contributed by atoms with van der Waals surface area (Å²) in [5.41, 5.74) is 0.206. The molecule has 19 heavy (non-hydrogen) atoms. The van der Waals surface area contributed by atoms with Gasteiger partial charge in [0, 0.05) is 6.04 Å². The molecular weight excluding hydrogens is 258 g/mol. The Morgan fingerprint density at radius 1 is 1.16 bits per heavy atom. The summed E-state index contributed by atoms with van der Waals surface area (Å²) in [6, 6.07) is 0.153. The van der Waals surface area contributed by atoms with Gasteiger partial charge in [0.05, 0.1) is 11.0 Å². The molecule has 1 saturated carbocycles. The van der Waals surface area contributed by atoms with Crippen LogP contribution >= 0.6 is 0 Å². The van der Waals surface area contributed by atoms with Crippen LogP contribution in [-0.4, -0.2) is 32.0 Å². The van der Waals surface area contributed by atoms with Gasteiger partial charge in [-0.3, -0.25) is 0 Å². The number of rotatable bonds is 5. The molecule has 0 bridgehead atoms. The molecule has 114 valence electrons. The van der Waals surface area contributed by atoms with Crippen LogP contribution < -0.4 is 5.32 Å². The van der Waals surface area contributed by atoms with Crippen molar-refractivity contribution < 1.29 is 8.42 Å². The van der Waals surface area contributed by atoms with Crippen molar-refractivity contribution in [2.45, 2.75) is 71.6 Å². The maximum absolute atomic E-state index is 12.5. The summed E-state index contributed by atoms with van der Waals surface area (Å²) in [7, 11) is -2.96. The molecule has 0 aromatic heterocycles. The first kappa shape index (κ1) is 17.0. The van der Waals surface area contributed by atoms with Crippen LogP contribution in [0.25, 0.3) is 0 Å². The van der Waals surface area contributed by atoms with Gasteiger partial charge in [-0.15, -0.1) is 0 Å². The largest absolute Gasteiger partial charge is 0.313 e. The van der Waals surface area contributed by atoms with Gasteiger partial charge in [-0.1, -0.05) is 34.6 Å². The number of hydrogen-bond donors (Lipinski definition) is 1. The Hall–Kier alpha value is -0.0900. The Morgan fingerprint density at radius 3 is 2.26 bits per heavy atom. The van der Waals surface area contributed by atoms with Gasteiger partial charge >= 0.3 is 0 Å². The van der Waals surface area contributed by atoms with Crippen LogP contribution in [0.5, 0.6) is 0 Å². The van der Waals surface area contributed by atoms with Crippen molar-refractivity contribution in [2.24, 2.45) is 11.3 Å². The lowest BCUT2D eigenvalue weighted by atomic mass is 9.71. The van der Waals surface area contributed by atoms with Crippen LogP contribution in [0.2, 0.25) is 0 Å². The zero-order valence-corrected chi connectivity index (χ0v) is 14.0. The van der Waals surface area contributed by atoms with Crippen molar-refractivity contribution in [1.29, 1.82) is 0 Å². The average molecular weight is 289 g/mol. The fraction of sp³-hybridized carbons (Fsp3) is 1.00. The molecule has 0 heterocycles. The molecule has 3 nitrogen and oxygen atoms in total. The molecule has 1 N–H and O–H groups in total. The summed E-state index contributed by atoms with van der Waals surface area (Å²) in [5, 5.41) is 3.20. The first-order valence-corrected chi connectivity index (χ1v) is 9.38. The van der Waals surface area contributed by atoms with Crippen LogP contribution in [0.15, 0.2) is 0 Å². The van der Waals surface area contributed by atoms with Gasteiger partial charge in [0.25, 0.3) is 0 Å². The van der Waals surface area contributed by atoms with Crippen molar-refractivity contribution in [1.82, 2.24) is 5.32 Å². The fourth-order valence-electron chi connectivity index (χ4n) is 3.24. The van der Waals surface area contributed by atoms with Gasteiger partial charge < -0.3 is 5.32 Å². The van der Waals surface area contributed by atoms with Gasteiger partial charge in [0.15, 0.2) is 9.84 Å². The minimum atomic E-state index is -2.96. The van der Waals surface area contributed by atoms with Crippen molar-refractivity contribution >= 4 is 9.84 Å². The highest BCUT2D eigenvalue weighted by Gasteiger charge is 2.41. The van der Waals surface area contributed by atoms with E-state index < -0.39 is 9.84 Å². The molecule has 0 amide bonds. The Kier molecular flexibility index (Phi) is 5.87. The number of nitrogens with one attached hydrogen (secondary N) is 1. The van der Waals surface area contributed by atoms with Crippen molar-refractivity contribution in [2.75, 3.05) is 12.3 Å². The second kappa shape index (κ2) is 6.57. The molecule has 0 saturated heterocycles. The van der Waals surface area contributed by atoms with Gasteiger partial charge in [-0.25, -0.2) is 8.42 Å². The third-order valence-electron chi connectivity index (χ3n) is 4.43. The summed E-state index contributed by atoms with van der Waals surface area (Å²) >= 11 is 0. The van der Waals surface area contributed by atoms with E-state index in [0.717, 1.165) is 32.2 Å². The monoisotopic (exact) mass is 289 g/mol. The molecule has 1 fully saturated rings. The lowest BCUT2D eigenvalue weighted by molar-refractivity contribution is 0.163. The Labute approximate surface area is 119 Å². The van der Waals surface area contributed by atoms with Crippen LogP contribution in [0.1, 0.15) is 60.3 Å². The summed E-state index contributed by atoms with van der Waals surface area (Å²) < 4.78 is 25.0. The lowest BCUT2D eigenvalue weighted by Crippen LogP contribution is -2.50. The minimum Gasteiger partial charge on any atom is -0.313 e. The van der Waals surface area contributed by atoms with E-state index >= 15 is 0 Å². The van der Waals surface area contributed by atoms with Crippen molar-refractivity contribution in [3.63, 3.8) is 0 Å². The molecule has 1 aliphatic carbocycles. The molecule has 0 aromatic rings. The third kappa shape index (κ3) is 4.45. The molecule has 3 atom stereocenters. The highest BCUT2D eigenvalue weighted by Crippen LogP contribution is 2.40. The predicted molar refractivity (Wildman–Crippen MR) is 82.1 cm³/mol. The molecule has 4 heteroatoms. The zero-order valence-electron chi connectivity index (χ0n) is 13.2. The zero-order chi connectivity index (χ0) is 14.7. The van der Waals surface area contributed by atoms with E-state index in [9.17, 15) is 8.42 Å². The summed E-state index contributed by atoms with van der Waals surface area (Å²) in [6.45, 7) is 11.5. The fourth-order valence-corrected chi connectivity index (χ4v) is 5.37. The molecule has 1 aliphatic rings. The highest BCUT2D eigenvalue weighted by molar-refractivity contribution is 7.92. The van der Waals surface area contributed by atoms with Crippen LogP contribution in [0.3, 0.4) is 0 Å². The third-order valence-corrected chi connectivity index (χ3v) is 6.85. The van der Waals surface area contributed by atoms with E-state index in [0.29, 0.717) is 11.7 Å². The average Bonchev–Trinajstić information content (AvgIpc) is 2.28. The van der Waals surface area contributed by atoms with Gasteiger partial charge in [0.1, 0.15) is 0 Å². The highest BCUT2D eigenvalue weighted by atomic mass is 32.2. The van der Waals surface area contributed by atoms with E-state index in [2.05, 4.69) is 33.0 Å². The van der Waals surface area contributed by atoms with Crippen LogP contribution in [-0.2, 0) is 9.84 Å². The normalized spacial score (nSPS) is 29.4. The van der Waals surface area contributed by atoms with E-state index in [4.69, 9.17) is 0 Å². The molecular formula is C15H31NO2S. The minimum absolute atomic E-state index is 0.153. The summed E-state index contributed by atoms with van der Waals surface area (Å²) in [5.74, 6) is 0.843. The molecule has 3 unspecified atom stereocenters. The lowest BCUT2D eigenvalue weighted by Gasteiger charge is -2.41. The van der Waals surface area contributed by atoms with Gasteiger partial charge in [-0.05, 0) is 43.6 Å². The van der Waals surface area contributed by atoms with E-state index in [-0.39, 0.29) is 16.7 Å². The van der Waals surface area contributed by atoms with Crippen LogP contribution in [0, 0.1) is 11.3 Å². The molecule has 0 radical (unpaired) electrons. The summed E-state index contributed by atoms with van der Waals surface area (Å²) in [4.78, 5) is 0. The maximum Gasteiger partial charge on any atom is 0.154 e. The second-order valence-corrected chi connectivity index (χ2v) is 9.29. The molecule has 1 rings (SSSR count). The van der Waals surface area contributed by atoms with E-state index in [1.807, 2.05) is 6.92 Å². The Morgan fingerprint density at radius 2 is 1.79 bits per heavy atom. The van der Waals surface area contributed by atoms with Crippen molar-refractivity contribution in [3.8, 4) is 0 Å².